The molecule has 0 fully saturated rings. The third-order valence-electron chi connectivity index (χ3n) is 6.98. The van der Waals surface area contributed by atoms with Crippen LogP contribution in [0.4, 0.5) is 5.82 Å². The quantitative estimate of drug-likeness (QED) is 0.251. The molecule has 3 rings (SSSR count). The number of hydrogen-bond donors (Lipinski definition) is 2. The number of carbonyl (C=O) groups excluding carboxylic acids is 3. The summed E-state index contributed by atoms with van der Waals surface area (Å²) in [5.74, 6) is 0.809. The van der Waals surface area contributed by atoms with E-state index in [4.69, 9.17) is 25.6 Å². The van der Waals surface area contributed by atoms with Crippen molar-refractivity contribution in [3.63, 3.8) is 0 Å². The highest BCUT2D eigenvalue weighted by Crippen LogP contribution is 2.31. The van der Waals surface area contributed by atoms with Gasteiger partial charge in [-0.05, 0) is 57.4 Å². The average Bonchev–Trinajstić information content (AvgIpc) is 3.38. The molecule has 0 radical (unpaired) electrons. The first-order valence-electron chi connectivity index (χ1n) is 13.8. The van der Waals surface area contributed by atoms with Gasteiger partial charge in [0.2, 0.25) is 17.7 Å². The second kappa shape index (κ2) is 14.7. The van der Waals surface area contributed by atoms with Crippen molar-refractivity contribution >= 4 is 35.1 Å². The number of halogens is 1. The number of rotatable bonds is 14. The summed E-state index contributed by atoms with van der Waals surface area (Å²) in [6, 6.07) is 13.0. The second-order valence-corrected chi connectivity index (χ2v) is 11.0. The van der Waals surface area contributed by atoms with Crippen LogP contribution in [0.25, 0.3) is 0 Å². The molecule has 226 valence electrons. The molecule has 0 saturated carbocycles. The Bertz CT molecular complexity index is 1390. The van der Waals surface area contributed by atoms with Gasteiger partial charge in [0.25, 0.3) is 0 Å². The first kappa shape index (κ1) is 32.5. The maximum absolute atomic E-state index is 13.9. The number of benzene rings is 2. The number of ether oxygens (including phenoxy) is 2. The van der Waals surface area contributed by atoms with E-state index in [2.05, 4.69) is 15.8 Å². The van der Waals surface area contributed by atoms with Crippen LogP contribution in [0.5, 0.6) is 11.5 Å². The van der Waals surface area contributed by atoms with Gasteiger partial charge in [0.05, 0.1) is 14.2 Å². The van der Waals surface area contributed by atoms with Gasteiger partial charge in [0, 0.05) is 41.6 Å². The lowest BCUT2D eigenvalue weighted by Crippen LogP contribution is -2.50. The average molecular weight is 599 g/mol. The van der Waals surface area contributed by atoms with Gasteiger partial charge in [-0.25, -0.2) is 0 Å². The van der Waals surface area contributed by atoms with Crippen LogP contribution in [0, 0.1) is 6.92 Å². The Labute approximate surface area is 251 Å². The number of amides is 3. The SMILES string of the molecule is CCC(C)(C)NC(=O)[C@H](c1ccccc1Cl)N(CCc1ccc(OC)c(OC)c1)C(=O)CCC(=O)Nc1cc(C)on1. The third kappa shape index (κ3) is 8.72. The van der Waals surface area contributed by atoms with Crippen LogP contribution in [0.3, 0.4) is 0 Å². The van der Waals surface area contributed by atoms with Crippen molar-refractivity contribution in [1.82, 2.24) is 15.4 Å². The number of hydrogen-bond acceptors (Lipinski definition) is 7. The van der Waals surface area contributed by atoms with Crippen LogP contribution >= 0.6 is 11.6 Å². The highest BCUT2D eigenvalue weighted by molar-refractivity contribution is 6.31. The van der Waals surface area contributed by atoms with Crippen LogP contribution in [0.15, 0.2) is 53.1 Å². The molecule has 0 saturated heterocycles. The number of aryl methyl sites for hydroxylation is 1. The summed E-state index contributed by atoms with van der Waals surface area (Å²) in [5.41, 5.74) is 0.841. The van der Waals surface area contributed by atoms with Crippen LogP contribution in [-0.2, 0) is 20.8 Å². The molecule has 2 N–H and O–H groups in total. The number of carbonyl (C=O) groups is 3. The van der Waals surface area contributed by atoms with Crippen LogP contribution in [0.2, 0.25) is 5.02 Å². The van der Waals surface area contributed by atoms with Crippen molar-refractivity contribution < 1.29 is 28.4 Å². The molecule has 0 aliphatic rings. The number of anilines is 1. The molecular formula is C31H39ClN4O6. The van der Waals surface area contributed by atoms with Gasteiger partial charge in [0.15, 0.2) is 17.3 Å². The Hall–Kier alpha value is -4.05. The summed E-state index contributed by atoms with van der Waals surface area (Å²) in [6.07, 6.45) is 0.825. The standard InChI is InChI=1S/C31H39ClN4O6/c1-7-31(3,4)34-30(39)29(22-10-8-9-11-23(22)32)36(17-16-21-12-13-24(40-5)25(19-21)41-6)28(38)15-14-27(37)33-26-18-20(2)42-35-26/h8-13,18-19,29H,7,14-17H2,1-6H3,(H,34,39)(H,33,35,37)/t29-/m0/s1. The minimum atomic E-state index is -1.03. The second-order valence-electron chi connectivity index (χ2n) is 10.5. The monoisotopic (exact) mass is 598 g/mol. The van der Waals surface area contributed by atoms with E-state index in [1.54, 1.807) is 57.5 Å². The molecule has 1 heterocycles. The van der Waals surface area contributed by atoms with Gasteiger partial charge >= 0.3 is 0 Å². The smallest absolute Gasteiger partial charge is 0.247 e. The summed E-state index contributed by atoms with van der Waals surface area (Å²) >= 11 is 6.60. The molecule has 0 bridgehead atoms. The molecule has 10 nitrogen and oxygen atoms in total. The van der Waals surface area contributed by atoms with E-state index >= 15 is 0 Å². The van der Waals surface area contributed by atoms with Crippen LogP contribution in [0.1, 0.15) is 63.0 Å². The van der Waals surface area contributed by atoms with E-state index < -0.39 is 17.5 Å². The first-order chi connectivity index (χ1) is 20.0. The molecule has 1 aromatic heterocycles. The highest BCUT2D eigenvalue weighted by Gasteiger charge is 2.35. The Morgan fingerprint density at radius 1 is 1.05 bits per heavy atom. The van der Waals surface area contributed by atoms with Crippen molar-refractivity contribution in [3.05, 3.63) is 70.4 Å². The maximum Gasteiger partial charge on any atom is 0.247 e. The predicted octanol–water partition coefficient (Wildman–Crippen LogP) is 5.49. The molecule has 42 heavy (non-hydrogen) atoms. The van der Waals surface area contributed by atoms with Gasteiger partial charge in [-0.15, -0.1) is 0 Å². The lowest BCUT2D eigenvalue weighted by Gasteiger charge is -2.35. The fraction of sp³-hybridized carbons (Fsp3) is 0.419. The summed E-state index contributed by atoms with van der Waals surface area (Å²) < 4.78 is 15.8. The van der Waals surface area contributed by atoms with Gasteiger partial charge < -0.3 is 29.5 Å². The fourth-order valence-corrected chi connectivity index (χ4v) is 4.56. The minimum Gasteiger partial charge on any atom is -0.493 e. The number of nitrogens with zero attached hydrogens (tertiary/aromatic N) is 2. The zero-order valence-electron chi connectivity index (χ0n) is 25.0. The third-order valence-corrected chi connectivity index (χ3v) is 7.32. The van der Waals surface area contributed by atoms with Crippen molar-refractivity contribution in [2.75, 3.05) is 26.1 Å². The molecule has 0 aliphatic heterocycles. The first-order valence-corrected chi connectivity index (χ1v) is 14.2. The zero-order valence-corrected chi connectivity index (χ0v) is 25.7. The lowest BCUT2D eigenvalue weighted by molar-refractivity contribution is -0.142. The summed E-state index contributed by atoms with van der Waals surface area (Å²) in [6.45, 7) is 7.69. The van der Waals surface area contributed by atoms with E-state index in [1.165, 1.54) is 4.90 Å². The van der Waals surface area contributed by atoms with Gasteiger partial charge in [-0.3, -0.25) is 14.4 Å². The molecule has 1 atom stereocenters. The lowest BCUT2D eigenvalue weighted by atomic mass is 9.98. The van der Waals surface area contributed by atoms with Crippen LogP contribution in [-0.4, -0.2) is 54.1 Å². The summed E-state index contributed by atoms with van der Waals surface area (Å²) in [7, 11) is 3.11. The van der Waals surface area contributed by atoms with Crippen molar-refractivity contribution in [3.8, 4) is 11.5 Å². The Morgan fingerprint density at radius 2 is 1.76 bits per heavy atom. The Balaban J connectivity index is 1.93. The van der Waals surface area contributed by atoms with E-state index in [1.807, 2.05) is 32.9 Å². The summed E-state index contributed by atoms with van der Waals surface area (Å²) in [4.78, 5) is 41.9. The molecule has 2 aromatic carbocycles. The van der Waals surface area contributed by atoms with Gasteiger partial charge in [-0.1, -0.05) is 47.9 Å². The van der Waals surface area contributed by atoms with E-state index in [0.717, 1.165) is 5.56 Å². The Kier molecular flexibility index (Phi) is 11.4. The number of methoxy groups -OCH3 is 2. The van der Waals surface area contributed by atoms with E-state index in [-0.39, 0.29) is 37.0 Å². The van der Waals surface area contributed by atoms with Gasteiger partial charge in [0.1, 0.15) is 11.8 Å². The fourth-order valence-electron chi connectivity index (χ4n) is 4.32. The van der Waals surface area contributed by atoms with Crippen molar-refractivity contribution in [2.45, 2.75) is 65.0 Å². The molecular weight excluding hydrogens is 560 g/mol. The largest absolute Gasteiger partial charge is 0.493 e. The zero-order chi connectivity index (χ0) is 30.9. The minimum absolute atomic E-state index is 0.116. The summed E-state index contributed by atoms with van der Waals surface area (Å²) in [5, 5.41) is 9.82. The predicted molar refractivity (Wildman–Crippen MR) is 161 cm³/mol. The normalized spacial score (nSPS) is 11.9. The number of nitrogens with one attached hydrogen (secondary N) is 2. The Morgan fingerprint density at radius 3 is 2.38 bits per heavy atom. The van der Waals surface area contributed by atoms with Crippen LogP contribution < -0.4 is 20.1 Å². The molecule has 3 amide bonds. The van der Waals surface area contributed by atoms with E-state index in [0.29, 0.717) is 40.7 Å². The topological polar surface area (TPSA) is 123 Å². The van der Waals surface area contributed by atoms with Crippen molar-refractivity contribution in [1.29, 1.82) is 0 Å². The van der Waals surface area contributed by atoms with E-state index in [9.17, 15) is 14.4 Å². The molecule has 0 spiro atoms. The number of aromatic nitrogens is 1. The molecule has 0 unspecified atom stereocenters. The highest BCUT2D eigenvalue weighted by atomic mass is 35.5. The molecule has 3 aromatic rings. The molecule has 0 aliphatic carbocycles. The molecule has 11 heteroatoms. The van der Waals surface area contributed by atoms with Gasteiger partial charge in [-0.2, -0.15) is 0 Å². The maximum atomic E-state index is 13.9. The van der Waals surface area contributed by atoms with Crippen molar-refractivity contribution in [2.24, 2.45) is 0 Å².